The SMILES string of the molecule is CNCc1c(C(C)C)c2cc(Br)ccc2n1C. The van der Waals surface area contributed by atoms with Gasteiger partial charge in [0.1, 0.15) is 0 Å². The Kier molecular flexibility index (Phi) is 3.59. The molecule has 1 aromatic carbocycles. The maximum Gasteiger partial charge on any atom is 0.0484 e. The van der Waals surface area contributed by atoms with Crippen molar-refractivity contribution in [1.82, 2.24) is 9.88 Å². The third kappa shape index (κ3) is 2.14. The Hall–Kier alpha value is -0.800. The number of rotatable bonds is 3. The first-order valence-electron chi connectivity index (χ1n) is 5.97. The van der Waals surface area contributed by atoms with Gasteiger partial charge in [0, 0.05) is 34.7 Å². The lowest BCUT2D eigenvalue weighted by Gasteiger charge is -2.10. The minimum atomic E-state index is 0.538. The number of halogens is 1. The zero-order valence-corrected chi connectivity index (χ0v) is 12.4. The van der Waals surface area contributed by atoms with Gasteiger partial charge in [0.15, 0.2) is 0 Å². The largest absolute Gasteiger partial charge is 0.346 e. The second-order valence-electron chi connectivity index (χ2n) is 4.77. The number of aryl methyl sites for hydroxylation is 1. The molecule has 0 aliphatic heterocycles. The van der Waals surface area contributed by atoms with E-state index < -0.39 is 0 Å². The average molecular weight is 295 g/mol. The minimum absolute atomic E-state index is 0.538. The van der Waals surface area contributed by atoms with Crippen LogP contribution < -0.4 is 5.32 Å². The topological polar surface area (TPSA) is 17.0 Å². The van der Waals surface area contributed by atoms with Gasteiger partial charge in [0.05, 0.1) is 0 Å². The second-order valence-corrected chi connectivity index (χ2v) is 5.68. The number of hydrogen-bond donors (Lipinski definition) is 1. The first-order valence-corrected chi connectivity index (χ1v) is 6.76. The Morgan fingerprint density at radius 3 is 2.65 bits per heavy atom. The molecule has 0 bridgehead atoms. The van der Waals surface area contributed by atoms with Gasteiger partial charge in [-0.2, -0.15) is 0 Å². The van der Waals surface area contributed by atoms with Crippen LogP contribution in [0.4, 0.5) is 0 Å². The highest BCUT2D eigenvalue weighted by Crippen LogP contribution is 2.33. The van der Waals surface area contributed by atoms with Crippen LogP contribution in [-0.4, -0.2) is 11.6 Å². The summed E-state index contributed by atoms with van der Waals surface area (Å²) in [5, 5.41) is 4.63. The lowest BCUT2D eigenvalue weighted by atomic mass is 9.99. The van der Waals surface area contributed by atoms with Gasteiger partial charge in [-0.25, -0.2) is 0 Å². The molecule has 3 heteroatoms. The van der Waals surface area contributed by atoms with Crippen molar-refractivity contribution in [3.05, 3.63) is 33.9 Å². The summed E-state index contributed by atoms with van der Waals surface area (Å²) in [7, 11) is 4.15. The van der Waals surface area contributed by atoms with Crippen molar-refractivity contribution in [2.45, 2.75) is 26.3 Å². The van der Waals surface area contributed by atoms with Gasteiger partial charge in [-0.3, -0.25) is 0 Å². The van der Waals surface area contributed by atoms with E-state index in [2.05, 4.69) is 64.9 Å². The highest BCUT2D eigenvalue weighted by Gasteiger charge is 2.16. The number of hydrogen-bond acceptors (Lipinski definition) is 1. The predicted octanol–water partition coefficient (Wildman–Crippen LogP) is 3.78. The van der Waals surface area contributed by atoms with Gasteiger partial charge in [-0.1, -0.05) is 29.8 Å². The molecule has 2 rings (SSSR count). The lowest BCUT2D eigenvalue weighted by molar-refractivity contribution is 0.717. The van der Waals surface area contributed by atoms with Crippen LogP contribution >= 0.6 is 15.9 Å². The summed E-state index contributed by atoms with van der Waals surface area (Å²) < 4.78 is 3.45. The molecule has 0 atom stereocenters. The van der Waals surface area contributed by atoms with Gasteiger partial charge in [-0.05, 0) is 36.7 Å². The fraction of sp³-hybridized carbons (Fsp3) is 0.429. The predicted molar refractivity (Wildman–Crippen MR) is 77.5 cm³/mol. The van der Waals surface area contributed by atoms with E-state index in [1.807, 2.05) is 7.05 Å². The third-order valence-electron chi connectivity index (χ3n) is 3.25. The Bertz CT molecular complexity index is 541. The van der Waals surface area contributed by atoms with Gasteiger partial charge in [-0.15, -0.1) is 0 Å². The second kappa shape index (κ2) is 4.83. The Labute approximate surface area is 111 Å². The van der Waals surface area contributed by atoms with Gasteiger partial charge in [0.2, 0.25) is 0 Å². The molecule has 1 aromatic heterocycles. The molecule has 1 heterocycles. The molecule has 92 valence electrons. The quantitative estimate of drug-likeness (QED) is 0.911. The molecule has 1 N–H and O–H groups in total. The van der Waals surface area contributed by atoms with Crippen LogP contribution in [0.1, 0.15) is 31.0 Å². The highest BCUT2D eigenvalue weighted by molar-refractivity contribution is 9.10. The Balaban J connectivity index is 2.78. The van der Waals surface area contributed by atoms with Crippen molar-refractivity contribution in [2.24, 2.45) is 7.05 Å². The molecular weight excluding hydrogens is 276 g/mol. The fourth-order valence-corrected chi connectivity index (χ4v) is 2.88. The van der Waals surface area contributed by atoms with E-state index in [-0.39, 0.29) is 0 Å². The van der Waals surface area contributed by atoms with E-state index in [1.165, 1.54) is 22.2 Å². The molecule has 2 aromatic rings. The number of aromatic nitrogens is 1. The lowest BCUT2D eigenvalue weighted by Crippen LogP contribution is -2.11. The van der Waals surface area contributed by atoms with Crippen LogP contribution in [0.15, 0.2) is 22.7 Å². The zero-order valence-electron chi connectivity index (χ0n) is 10.8. The molecule has 0 saturated carbocycles. The van der Waals surface area contributed by atoms with Gasteiger partial charge < -0.3 is 9.88 Å². The molecule has 0 aliphatic carbocycles. The minimum Gasteiger partial charge on any atom is -0.346 e. The molecule has 2 nitrogen and oxygen atoms in total. The van der Waals surface area contributed by atoms with E-state index in [9.17, 15) is 0 Å². The zero-order chi connectivity index (χ0) is 12.6. The molecular formula is C14H19BrN2. The van der Waals surface area contributed by atoms with Crippen molar-refractivity contribution in [1.29, 1.82) is 0 Å². The number of benzene rings is 1. The summed E-state index contributed by atoms with van der Waals surface area (Å²) in [6.45, 7) is 5.43. The molecule has 0 radical (unpaired) electrons. The number of fused-ring (bicyclic) bond motifs is 1. The number of nitrogens with zero attached hydrogens (tertiary/aromatic N) is 1. The van der Waals surface area contributed by atoms with Crippen molar-refractivity contribution in [3.63, 3.8) is 0 Å². The van der Waals surface area contributed by atoms with Crippen molar-refractivity contribution < 1.29 is 0 Å². The van der Waals surface area contributed by atoms with Crippen molar-refractivity contribution >= 4 is 26.8 Å². The smallest absolute Gasteiger partial charge is 0.0484 e. The highest BCUT2D eigenvalue weighted by atomic mass is 79.9. The fourth-order valence-electron chi connectivity index (χ4n) is 2.52. The summed E-state index contributed by atoms with van der Waals surface area (Å²) in [5.41, 5.74) is 4.15. The molecule has 0 spiro atoms. The molecule has 0 amide bonds. The van der Waals surface area contributed by atoms with Gasteiger partial charge >= 0.3 is 0 Å². The van der Waals surface area contributed by atoms with E-state index in [0.29, 0.717) is 5.92 Å². The van der Waals surface area contributed by atoms with Crippen LogP contribution in [-0.2, 0) is 13.6 Å². The van der Waals surface area contributed by atoms with Crippen LogP contribution in [0.5, 0.6) is 0 Å². The van der Waals surface area contributed by atoms with E-state index >= 15 is 0 Å². The van der Waals surface area contributed by atoms with E-state index in [1.54, 1.807) is 0 Å². The molecule has 0 unspecified atom stereocenters. The molecule has 17 heavy (non-hydrogen) atoms. The monoisotopic (exact) mass is 294 g/mol. The Morgan fingerprint density at radius 2 is 2.06 bits per heavy atom. The summed E-state index contributed by atoms with van der Waals surface area (Å²) in [6.07, 6.45) is 0. The third-order valence-corrected chi connectivity index (χ3v) is 3.74. The van der Waals surface area contributed by atoms with Crippen LogP contribution in [0.25, 0.3) is 10.9 Å². The molecule has 0 saturated heterocycles. The van der Waals surface area contributed by atoms with Gasteiger partial charge in [0.25, 0.3) is 0 Å². The maximum atomic E-state index is 3.56. The van der Waals surface area contributed by atoms with Crippen LogP contribution in [0, 0.1) is 0 Å². The summed E-state index contributed by atoms with van der Waals surface area (Å²) in [5.74, 6) is 0.538. The average Bonchev–Trinajstić information content (AvgIpc) is 2.52. The summed E-state index contributed by atoms with van der Waals surface area (Å²) >= 11 is 3.56. The van der Waals surface area contributed by atoms with Crippen molar-refractivity contribution in [3.8, 4) is 0 Å². The van der Waals surface area contributed by atoms with Crippen LogP contribution in [0.2, 0.25) is 0 Å². The summed E-state index contributed by atoms with van der Waals surface area (Å²) in [4.78, 5) is 0. The van der Waals surface area contributed by atoms with E-state index in [0.717, 1.165) is 11.0 Å². The molecule has 0 aliphatic rings. The first kappa shape index (κ1) is 12.7. The van der Waals surface area contributed by atoms with Crippen LogP contribution in [0.3, 0.4) is 0 Å². The first-order chi connectivity index (χ1) is 8.06. The van der Waals surface area contributed by atoms with Crippen molar-refractivity contribution in [2.75, 3.05) is 7.05 Å². The number of nitrogens with one attached hydrogen (secondary N) is 1. The standard InChI is InChI=1S/C14H19BrN2/c1-9(2)14-11-7-10(15)5-6-12(11)17(4)13(14)8-16-3/h5-7,9,16H,8H2,1-4H3. The molecule has 0 fully saturated rings. The summed E-state index contributed by atoms with van der Waals surface area (Å²) in [6, 6.07) is 6.52. The maximum absolute atomic E-state index is 3.56. The van der Waals surface area contributed by atoms with E-state index in [4.69, 9.17) is 0 Å². The normalized spacial score (nSPS) is 11.6. The Morgan fingerprint density at radius 1 is 1.35 bits per heavy atom.